The first kappa shape index (κ1) is 11.2. The first-order valence-corrected chi connectivity index (χ1v) is 5.95. The van der Waals surface area contributed by atoms with E-state index in [4.69, 9.17) is 0 Å². The van der Waals surface area contributed by atoms with Crippen LogP contribution in [-0.4, -0.2) is 38.6 Å². The number of nitrogens with zero attached hydrogens (tertiary/aromatic N) is 4. The smallest absolute Gasteiger partial charge is 0.129 e. The first-order valence-electron chi connectivity index (χ1n) is 5.95. The molecule has 0 bridgehead atoms. The molecule has 6 heteroatoms. The summed E-state index contributed by atoms with van der Waals surface area (Å²) in [6.45, 7) is 3.22. The molecule has 1 atom stereocenters. The summed E-state index contributed by atoms with van der Waals surface area (Å²) in [6, 6.07) is 5.90. The van der Waals surface area contributed by atoms with Crippen molar-refractivity contribution < 1.29 is 5.11 Å². The van der Waals surface area contributed by atoms with Crippen molar-refractivity contribution in [2.24, 2.45) is 0 Å². The van der Waals surface area contributed by atoms with Gasteiger partial charge < -0.3 is 10.0 Å². The van der Waals surface area contributed by atoms with E-state index in [1.54, 1.807) is 6.20 Å². The fourth-order valence-electron chi connectivity index (χ4n) is 2.33. The molecule has 0 unspecified atom stereocenters. The monoisotopic (exact) mass is 245 g/mol. The van der Waals surface area contributed by atoms with Crippen molar-refractivity contribution >= 4 is 5.82 Å². The van der Waals surface area contributed by atoms with E-state index in [0.717, 1.165) is 18.1 Å². The van der Waals surface area contributed by atoms with Crippen LogP contribution in [-0.2, 0) is 5.60 Å². The van der Waals surface area contributed by atoms with Crippen LogP contribution in [0.5, 0.6) is 0 Å². The normalized spacial score (nSPS) is 23.6. The van der Waals surface area contributed by atoms with Crippen LogP contribution < -0.4 is 4.90 Å². The standard InChI is InChI=1S/C12H15N5O/c1-9-3-2-4-11(14-9)17-6-5-12(18,8-17)10-7-13-16-15-10/h2-4,7,18H,5-6,8H2,1H3,(H,13,15,16)/t12-/m0/s1. The van der Waals surface area contributed by atoms with E-state index in [0.29, 0.717) is 18.7 Å². The quantitative estimate of drug-likeness (QED) is 0.810. The molecule has 2 aromatic heterocycles. The zero-order valence-electron chi connectivity index (χ0n) is 10.2. The number of aromatic amines is 1. The van der Waals surface area contributed by atoms with Gasteiger partial charge in [0, 0.05) is 18.7 Å². The Balaban J connectivity index is 1.83. The summed E-state index contributed by atoms with van der Waals surface area (Å²) in [5, 5.41) is 20.8. The highest BCUT2D eigenvalue weighted by Crippen LogP contribution is 2.32. The number of rotatable bonds is 2. The highest BCUT2D eigenvalue weighted by Gasteiger charge is 2.40. The maximum absolute atomic E-state index is 10.6. The molecule has 6 nitrogen and oxygen atoms in total. The predicted octanol–water partition coefficient (Wildman–Crippen LogP) is 0.606. The van der Waals surface area contributed by atoms with E-state index in [1.807, 2.05) is 25.1 Å². The summed E-state index contributed by atoms with van der Waals surface area (Å²) in [5.41, 5.74) is 0.639. The number of aromatic nitrogens is 4. The molecule has 3 heterocycles. The number of pyridine rings is 1. The minimum absolute atomic E-state index is 0.496. The third-order valence-electron chi connectivity index (χ3n) is 3.34. The summed E-state index contributed by atoms with van der Waals surface area (Å²) in [6.07, 6.45) is 2.21. The number of aliphatic hydroxyl groups is 1. The van der Waals surface area contributed by atoms with Gasteiger partial charge in [0.25, 0.3) is 0 Å². The topological polar surface area (TPSA) is 77.9 Å². The number of anilines is 1. The van der Waals surface area contributed by atoms with Crippen LogP contribution >= 0.6 is 0 Å². The Bertz CT molecular complexity index is 541. The molecule has 0 saturated carbocycles. The van der Waals surface area contributed by atoms with Gasteiger partial charge >= 0.3 is 0 Å². The molecule has 2 aromatic rings. The van der Waals surface area contributed by atoms with Crippen molar-refractivity contribution in [3.8, 4) is 0 Å². The number of hydrogen-bond donors (Lipinski definition) is 2. The fourth-order valence-corrected chi connectivity index (χ4v) is 2.33. The van der Waals surface area contributed by atoms with E-state index in [9.17, 15) is 5.11 Å². The van der Waals surface area contributed by atoms with E-state index < -0.39 is 5.60 Å². The van der Waals surface area contributed by atoms with Crippen LogP contribution in [0.15, 0.2) is 24.4 Å². The predicted molar refractivity (Wildman–Crippen MR) is 66.1 cm³/mol. The van der Waals surface area contributed by atoms with E-state index in [2.05, 4.69) is 25.3 Å². The Morgan fingerprint density at radius 3 is 3.06 bits per heavy atom. The first-order chi connectivity index (χ1) is 8.67. The number of nitrogens with one attached hydrogen (secondary N) is 1. The average molecular weight is 245 g/mol. The Labute approximate surface area is 105 Å². The number of β-amino-alcohol motifs (C(OH)–C–C–N with tert-alkyl or cyclic N) is 1. The molecule has 1 aliphatic heterocycles. The molecular weight excluding hydrogens is 230 g/mol. The second-order valence-corrected chi connectivity index (χ2v) is 4.70. The SMILES string of the molecule is Cc1cccc(N2CC[C@@](O)(c3cn[nH]n3)C2)n1. The van der Waals surface area contributed by atoms with Gasteiger partial charge in [0.1, 0.15) is 17.1 Å². The van der Waals surface area contributed by atoms with Crippen molar-refractivity contribution in [3.05, 3.63) is 35.8 Å². The Hall–Kier alpha value is -1.95. The van der Waals surface area contributed by atoms with Crippen LogP contribution in [0.2, 0.25) is 0 Å². The number of aryl methyl sites for hydroxylation is 1. The largest absolute Gasteiger partial charge is 0.381 e. The third-order valence-corrected chi connectivity index (χ3v) is 3.34. The Morgan fingerprint density at radius 1 is 1.44 bits per heavy atom. The van der Waals surface area contributed by atoms with Gasteiger partial charge in [-0.3, -0.25) is 0 Å². The molecule has 2 N–H and O–H groups in total. The summed E-state index contributed by atoms with van der Waals surface area (Å²) < 4.78 is 0. The molecule has 1 saturated heterocycles. The van der Waals surface area contributed by atoms with Crippen LogP contribution in [0.1, 0.15) is 17.8 Å². The third kappa shape index (κ3) is 1.84. The highest BCUT2D eigenvalue weighted by molar-refractivity contribution is 5.42. The molecule has 0 amide bonds. The van der Waals surface area contributed by atoms with Gasteiger partial charge in [0.2, 0.25) is 0 Å². The Kier molecular flexibility index (Phi) is 2.52. The van der Waals surface area contributed by atoms with Gasteiger partial charge in [-0.15, -0.1) is 0 Å². The van der Waals surface area contributed by atoms with Crippen LogP contribution in [0.25, 0.3) is 0 Å². The molecule has 0 radical (unpaired) electrons. The second kappa shape index (κ2) is 4.06. The minimum Gasteiger partial charge on any atom is -0.381 e. The summed E-state index contributed by atoms with van der Waals surface area (Å²) in [5.74, 6) is 0.898. The zero-order valence-corrected chi connectivity index (χ0v) is 10.2. The van der Waals surface area contributed by atoms with E-state index in [-0.39, 0.29) is 0 Å². The number of H-pyrrole nitrogens is 1. The van der Waals surface area contributed by atoms with Crippen molar-refractivity contribution in [1.82, 2.24) is 20.4 Å². The summed E-state index contributed by atoms with van der Waals surface area (Å²) >= 11 is 0. The van der Waals surface area contributed by atoms with Crippen molar-refractivity contribution in [2.75, 3.05) is 18.0 Å². The van der Waals surface area contributed by atoms with Crippen molar-refractivity contribution in [2.45, 2.75) is 18.9 Å². The molecule has 94 valence electrons. The molecule has 18 heavy (non-hydrogen) atoms. The lowest BCUT2D eigenvalue weighted by atomic mass is 10.0. The van der Waals surface area contributed by atoms with Gasteiger partial charge in [-0.1, -0.05) is 6.07 Å². The molecule has 1 aliphatic rings. The Morgan fingerprint density at radius 2 is 2.33 bits per heavy atom. The van der Waals surface area contributed by atoms with Gasteiger partial charge in [-0.25, -0.2) is 4.98 Å². The van der Waals surface area contributed by atoms with Crippen LogP contribution in [0.4, 0.5) is 5.82 Å². The maximum Gasteiger partial charge on any atom is 0.129 e. The zero-order chi connectivity index (χ0) is 12.6. The minimum atomic E-state index is -0.932. The molecule has 0 aromatic carbocycles. The van der Waals surface area contributed by atoms with Gasteiger partial charge in [-0.05, 0) is 19.1 Å². The molecule has 0 aliphatic carbocycles. The van der Waals surface area contributed by atoms with Crippen molar-refractivity contribution in [1.29, 1.82) is 0 Å². The lowest BCUT2D eigenvalue weighted by Crippen LogP contribution is -2.31. The van der Waals surface area contributed by atoms with Crippen molar-refractivity contribution in [3.63, 3.8) is 0 Å². The number of hydrogen-bond acceptors (Lipinski definition) is 5. The summed E-state index contributed by atoms with van der Waals surface area (Å²) in [4.78, 5) is 6.54. The highest BCUT2D eigenvalue weighted by atomic mass is 16.3. The average Bonchev–Trinajstić information content (AvgIpc) is 2.98. The fraction of sp³-hybridized carbons (Fsp3) is 0.417. The van der Waals surface area contributed by atoms with Gasteiger partial charge in [0.05, 0.1) is 12.7 Å². The van der Waals surface area contributed by atoms with Crippen LogP contribution in [0.3, 0.4) is 0 Å². The maximum atomic E-state index is 10.6. The molecule has 3 rings (SSSR count). The van der Waals surface area contributed by atoms with E-state index >= 15 is 0 Å². The van der Waals surface area contributed by atoms with E-state index in [1.165, 1.54) is 0 Å². The molecule has 0 spiro atoms. The lowest BCUT2D eigenvalue weighted by molar-refractivity contribution is 0.0559. The van der Waals surface area contributed by atoms with Crippen LogP contribution in [0, 0.1) is 6.92 Å². The van der Waals surface area contributed by atoms with Gasteiger partial charge in [0.15, 0.2) is 0 Å². The van der Waals surface area contributed by atoms with Gasteiger partial charge in [-0.2, -0.15) is 15.4 Å². The lowest BCUT2D eigenvalue weighted by Gasteiger charge is -2.21. The molecular formula is C12H15N5O. The summed E-state index contributed by atoms with van der Waals surface area (Å²) in [7, 11) is 0. The molecule has 1 fully saturated rings. The second-order valence-electron chi connectivity index (χ2n) is 4.70.